The Hall–Kier alpha value is -3.28. The van der Waals surface area contributed by atoms with E-state index in [2.05, 4.69) is 19.7 Å². The molecule has 11 nitrogen and oxygen atoms in total. The zero-order valence-corrected chi connectivity index (χ0v) is 15.8. The molecular formula is C15H17N5O6S. The molecule has 1 aromatic carbocycles. The molecule has 1 heterocycles. The Morgan fingerprint density at radius 1 is 1.04 bits per heavy atom. The summed E-state index contributed by atoms with van der Waals surface area (Å²) < 4.78 is 35.0. The van der Waals surface area contributed by atoms with Gasteiger partial charge in [0.15, 0.2) is 0 Å². The molecule has 3 amide bonds. The first kappa shape index (κ1) is 20.0. The summed E-state index contributed by atoms with van der Waals surface area (Å²) in [7, 11) is -1.05. The van der Waals surface area contributed by atoms with Crippen molar-refractivity contribution in [2.24, 2.45) is 0 Å². The Morgan fingerprint density at radius 2 is 1.67 bits per heavy atom. The first-order valence-electron chi connectivity index (χ1n) is 7.45. The molecule has 0 saturated heterocycles. The first-order valence-corrected chi connectivity index (χ1v) is 8.89. The molecule has 0 bridgehead atoms. The van der Waals surface area contributed by atoms with E-state index < -0.39 is 22.1 Å². The zero-order chi connectivity index (χ0) is 20.2. The molecule has 0 aliphatic carbocycles. The van der Waals surface area contributed by atoms with Gasteiger partial charge in [-0.2, -0.15) is 15.0 Å². The summed E-state index contributed by atoms with van der Waals surface area (Å²) in [5.41, 5.74) is 0. The van der Waals surface area contributed by atoms with Gasteiger partial charge in [0.2, 0.25) is 5.95 Å². The predicted molar refractivity (Wildman–Crippen MR) is 92.8 cm³/mol. The summed E-state index contributed by atoms with van der Waals surface area (Å²) >= 11 is 0. The van der Waals surface area contributed by atoms with Crippen LogP contribution in [0.4, 0.5) is 15.5 Å². The number of anilines is 1. The van der Waals surface area contributed by atoms with E-state index in [1.807, 2.05) is 0 Å². The SMILES string of the molecule is COC(=O)N(C(=O)N(C)c1nc(C)nc(OC)n1)S(=O)(=O)c1ccccc1. The topological polar surface area (TPSA) is 132 Å². The smallest absolute Gasteiger partial charge is 0.432 e. The van der Waals surface area contributed by atoms with E-state index in [9.17, 15) is 18.0 Å². The van der Waals surface area contributed by atoms with Gasteiger partial charge >= 0.3 is 18.1 Å². The maximum atomic E-state index is 12.8. The van der Waals surface area contributed by atoms with Gasteiger partial charge in [0.25, 0.3) is 10.0 Å². The Balaban J connectivity index is 2.50. The lowest BCUT2D eigenvalue weighted by Crippen LogP contribution is -2.48. The number of hydrogen-bond acceptors (Lipinski definition) is 9. The van der Waals surface area contributed by atoms with Crippen molar-refractivity contribution in [2.45, 2.75) is 11.8 Å². The van der Waals surface area contributed by atoms with Crippen LogP contribution in [0.1, 0.15) is 5.82 Å². The number of hydrogen-bond donors (Lipinski definition) is 0. The Labute approximate surface area is 155 Å². The Kier molecular flexibility index (Phi) is 5.90. The zero-order valence-electron chi connectivity index (χ0n) is 15.0. The highest BCUT2D eigenvalue weighted by atomic mass is 32.2. The van der Waals surface area contributed by atoms with Gasteiger partial charge < -0.3 is 9.47 Å². The Bertz CT molecular complexity index is 950. The summed E-state index contributed by atoms with van der Waals surface area (Å²) in [5, 5.41) is 0. The van der Waals surface area contributed by atoms with E-state index >= 15 is 0 Å². The summed E-state index contributed by atoms with van der Waals surface area (Å²) in [4.78, 5) is 37.1. The minimum Gasteiger partial charge on any atom is -0.467 e. The van der Waals surface area contributed by atoms with Crippen molar-refractivity contribution in [3.05, 3.63) is 36.2 Å². The van der Waals surface area contributed by atoms with E-state index in [1.54, 1.807) is 6.07 Å². The fourth-order valence-corrected chi connectivity index (χ4v) is 3.28. The van der Waals surface area contributed by atoms with Crippen molar-refractivity contribution in [2.75, 3.05) is 26.2 Å². The molecule has 0 spiro atoms. The number of carbonyl (C=O) groups is 2. The van der Waals surface area contributed by atoms with Crippen LogP contribution in [-0.4, -0.2) is 61.1 Å². The molecule has 0 N–H and O–H groups in total. The minimum atomic E-state index is -4.53. The molecule has 0 radical (unpaired) electrons. The average molecular weight is 395 g/mol. The van der Waals surface area contributed by atoms with Crippen molar-refractivity contribution in [1.82, 2.24) is 19.3 Å². The number of methoxy groups -OCH3 is 2. The number of amides is 3. The van der Waals surface area contributed by atoms with Crippen LogP contribution in [0.25, 0.3) is 0 Å². The molecular weight excluding hydrogens is 378 g/mol. The number of aromatic nitrogens is 3. The number of benzene rings is 1. The van der Waals surface area contributed by atoms with E-state index in [1.165, 1.54) is 45.3 Å². The van der Waals surface area contributed by atoms with E-state index in [0.717, 1.165) is 12.0 Å². The lowest BCUT2D eigenvalue weighted by Gasteiger charge is -2.24. The molecule has 0 atom stereocenters. The van der Waals surface area contributed by atoms with Crippen LogP contribution in [0.15, 0.2) is 35.2 Å². The van der Waals surface area contributed by atoms with Gasteiger partial charge in [-0.05, 0) is 19.1 Å². The van der Waals surface area contributed by atoms with Gasteiger partial charge in [-0.15, -0.1) is 4.31 Å². The van der Waals surface area contributed by atoms with E-state index in [4.69, 9.17) is 4.74 Å². The molecule has 27 heavy (non-hydrogen) atoms. The fraction of sp³-hybridized carbons (Fsp3) is 0.267. The minimum absolute atomic E-state index is 0.00602. The molecule has 0 fully saturated rings. The standard InChI is InChI=1S/C15H17N5O6S/c1-10-16-12(18-13(17-10)25-3)19(2)14(21)20(15(22)26-4)27(23,24)11-8-6-5-7-9-11/h5-9H,1-4H3. The third-order valence-electron chi connectivity index (χ3n) is 3.28. The van der Waals surface area contributed by atoms with Crippen LogP contribution >= 0.6 is 0 Å². The second kappa shape index (κ2) is 7.95. The number of urea groups is 1. The maximum absolute atomic E-state index is 12.8. The number of nitrogens with zero attached hydrogens (tertiary/aromatic N) is 5. The molecule has 0 aliphatic heterocycles. The summed E-state index contributed by atoms with van der Waals surface area (Å²) in [6, 6.07) is 5.68. The monoisotopic (exact) mass is 395 g/mol. The first-order chi connectivity index (χ1) is 12.7. The molecule has 0 unspecified atom stereocenters. The highest BCUT2D eigenvalue weighted by molar-refractivity contribution is 7.90. The number of imide groups is 1. The molecule has 1 aromatic heterocycles. The largest absolute Gasteiger partial charge is 0.467 e. The fourth-order valence-electron chi connectivity index (χ4n) is 1.97. The van der Waals surface area contributed by atoms with Crippen LogP contribution < -0.4 is 9.64 Å². The third kappa shape index (κ3) is 4.11. The number of sulfonamides is 1. The van der Waals surface area contributed by atoms with Crippen molar-refractivity contribution in [1.29, 1.82) is 0 Å². The van der Waals surface area contributed by atoms with Crippen LogP contribution in [0.3, 0.4) is 0 Å². The summed E-state index contributed by atoms with van der Waals surface area (Å²) in [6.45, 7) is 1.53. The van der Waals surface area contributed by atoms with E-state index in [-0.39, 0.29) is 27.0 Å². The molecule has 144 valence electrons. The molecule has 12 heteroatoms. The van der Waals surface area contributed by atoms with Crippen LogP contribution in [0, 0.1) is 6.92 Å². The van der Waals surface area contributed by atoms with Gasteiger partial charge in [-0.1, -0.05) is 18.2 Å². The number of ether oxygens (including phenoxy) is 2. The van der Waals surface area contributed by atoms with Gasteiger partial charge in [0.05, 0.1) is 19.1 Å². The summed E-state index contributed by atoms with van der Waals surface area (Å²) in [6.07, 6.45) is -1.38. The molecule has 0 aliphatic rings. The Morgan fingerprint density at radius 3 is 2.22 bits per heavy atom. The van der Waals surface area contributed by atoms with Crippen LogP contribution in [0.5, 0.6) is 6.01 Å². The lowest BCUT2D eigenvalue weighted by molar-refractivity contribution is 0.152. The van der Waals surface area contributed by atoms with Gasteiger partial charge in [-0.3, -0.25) is 4.90 Å². The van der Waals surface area contributed by atoms with Gasteiger partial charge in [-0.25, -0.2) is 18.0 Å². The summed E-state index contributed by atoms with van der Waals surface area (Å²) in [5.74, 6) is 0.0218. The van der Waals surface area contributed by atoms with Crippen molar-refractivity contribution >= 4 is 28.1 Å². The molecule has 2 rings (SSSR count). The predicted octanol–water partition coefficient (Wildman–Crippen LogP) is 1.20. The number of aryl methyl sites for hydroxylation is 1. The molecule has 0 saturated carbocycles. The average Bonchev–Trinajstić information content (AvgIpc) is 2.67. The highest BCUT2D eigenvalue weighted by Gasteiger charge is 2.39. The quantitative estimate of drug-likeness (QED) is 0.749. The van der Waals surface area contributed by atoms with Gasteiger partial charge in [0.1, 0.15) is 5.82 Å². The normalized spacial score (nSPS) is 10.8. The molecule has 2 aromatic rings. The van der Waals surface area contributed by atoms with E-state index in [0.29, 0.717) is 0 Å². The van der Waals surface area contributed by atoms with Crippen molar-refractivity contribution < 1.29 is 27.5 Å². The van der Waals surface area contributed by atoms with Crippen molar-refractivity contribution in [3.63, 3.8) is 0 Å². The van der Waals surface area contributed by atoms with Crippen LogP contribution in [-0.2, 0) is 14.8 Å². The second-order valence-corrected chi connectivity index (χ2v) is 6.85. The maximum Gasteiger partial charge on any atom is 0.432 e. The second-order valence-electron chi connectivity index (χ2n) is 5.06. The van der Waals surface area contributed by atoms with Gasteiger partial charge in [0, 0.05) is 7.05 Å². The number of rotatable bonds is 4. The lowest BCUT2D eigenvalue weighted by atomic mass is 10.4. The van der Waals surface area contributed by atoms with Crippen molar-refractivity contribution in [3.8, 4) is 6.01 Å². The number of carbonyl (C=O) groups excluding carboxylic acids is 2. The third-order valence-corrected chi connectivity index (χ3v) is 4.93. The van der Waals surface area contributed by atoms with Crippen LogP contribution in [0.2, 0.25) is 0 Å². The highest BCUT2D eigenvalue weighted by Crippen LogP contribution is 2.20.